The average molecular weight is 372 g/mol. The second-order valence-corrected chi connectivity index (χ2v) is 6.53. The third-order valence-corrected chi connectivity index (χ3v) is 4.60. The van der Waals surface area contributed by atoms with E-state index in [0.29, 0.717) is 11.6 Å². The Kier molecular flexibility index (Phi) is 4.82. The molecule has 5 nitrogen and oxygen atoms in total. The molecule has 0 amide bonds. The van der Waals surface area contributed by atoms with Crippen molar-refractivity contribution in [1.82, 2.24) is 5.16 Å². The minimum Gasteiger partial charge on any atom is -0.486 e. The number of hydrogen-bond donors (Lipinski definition) is 0. The number of benzene rings is 2. The number of halogens is 1. The van der Waals surface area contributed by atoms with Crippen LogP contribution >= 0.6 is 11.6 Å². The summed E-state index contributed by atoms with van der Waals surface area (Å²) in [5, 5.41) is 4.59. The van der Waals surface area contributed by atoms with E-state index in [0.717, 1.165) is 29.2 Å². The van der Waals surface area contributed by atoms with Gasteiger partial charge in [-0.05, 0) is 65.5 Å². The summed E-state index contributed by atoms with van der Waals surface area (Å²) in [5.74, 6) is 1.82. The summed E-state index contributed by atoms with van der Waals surface area (Å²) < 4.78 is 21.5. The van der Waals surface area contributed by atoms with Crippen molar-refractivity contribution in [1.29, 1.82) is 0 Å². The van der Waals surface area contributed by atoms with E-state index < -0.39 is 0 Å². The van der Waals surface area contributed by atoms with Gasteiger partial charge in [-0.1, -0.05) is 17.7 Å². The molecule has 1 atom stereocenters. The lowest BCUT2D eigenvalue weighted by atomic mass is 10.1. The van der Waals surface area contributed by atoms with Crippen molar-refractivity contribution < 1.29 is 18.7 Å². The quantitative estimate of drug-likeness (QED) is 0.568. The highest BCUT2D eigenvalue weighted by molar-refractivity contribution is 6.30. The maximum Gasteiger partial charge on any atom is 0.256 e. The Morgan fingerprint density at radius 2 is 2.00 bits per heavy atom. The highest BCUT2D eigenvalue weighted by Crippen LogP contribution is 2.37. The zero-order valence-electron chi connectivity index (χ0n) is 14.3. The van der Waals surface area contributed by atoms with Crippen LogP contribution in [0.5, 0.6) is 11.6 Å². The molecule has 0 saturated carbocycles. The van der Waals surface area contributed by atoms with Gasteiger partial charge in [-0.25, -0.2) is 0 Å². The molecule has 0 bridgehead atoms. The van der Waals surface area contributed by atoms with Crippen molar-refractivity contribution in [2.45, 2.75) is 18.9 Å². The summed E-state index contributed by atoms with van der Waals surface area (Å²) in [7, 11) is 1.55. The van der Waals surface area contributed by atoms with Gasteiger partial charge in [0.1, 0.15) is 11.9 Å². The standard InChI is InChI=1S/C20H18ClNO4/c1-23-12-24-20-11-19(26-22-20)14-3-7-16(8-4-14)25-18-9-5-13-2-6-15(21)10-17(13)18/h2-4,6-8,10-11,18H,5,9,12H2,1H3. The highest BCUT2D eigenvalue weighted by atomic mass is 35.5. The van der Waals surface area contributed by atoms with Crippen molar-refractivity contribution in [3.05, 3.63) is 64.7 Å². The fraction of sp³-hybridized carbons (Fsp3) is 0.250. The smallest absolute Gasteiger partial charge is 0.256 e. The predicted octanol–water partition coefficient (Wildman–Crippen LogP) is 5.04. The Balaban J connectivity index is 1.46. The van der Waals surface area contributed by atoms with Gasteiger partial charge in [0.05, 0.1) is 0 Å². The maximum absolute atomic E-state index is 6.16. The Morgan fingerprint density at radius 1 is 1.15 bits per heavy atom. The second-order valence-electron chi connectivity index (χ2n) is 6.09. The van der Waals surface area contributed by atoms with Crippen molar-refractivity contribution in [2.75, 3.05) is 13.9 Å². The van der Waals surface area contributed by atoms with Crippen LogP contribution in [0.25, 0.3) is 11.3 Å². The molecule has 0 fully saturated rings. The Hall–Kier alpha value is -2.50. The molecular formula is C20H18ClNO4. The van der Waals surface area contributed by atoms with Crippen LogP contribution in [0.4, 0.5) is 0 Å². The van der Waals surface area contributed by atoms with Crippen LogP contribution in [0.15, 0.2) is 53.1 Å². The first kappa shape index (κ1) is 16.9. The predicted molar refractivity (Wildman–Crippen MR) is 97.6 cm³/mol. The number of hydrogen-bond acceptors (Lipinski definition) is 5. The number of fused-ring (bicyclic) bond motifs is 1. The summed E-state index contributed by atoms with van der Waals surface area (Å²) in [6.45, 7) is 0.131. The van der Waals surface area contributed by atoms with E-state index in [4.69, 9.17) is 30.3 Å². The van der Waals surface area contributed by atoms with Gasteiger partial charge in [0.2, 0.25) is 0 Å². The van der Waals surface area contributed by atoms with E-state index in [1.165, 1.54) is 11.1 Å². The first-order chi connectivity index (χ1) is 12.7. The van der Waals surface area contributed by atoms with Gasteiger partial charge >= 0.3 is 0 Å². The van der Waals surface area contributed by atoms with Gasteiger partial charge in [-0.15, -0.1) is 0 Å². The lowest BCUT2D eigenvalue weighted by molar-refractivity contribution is 0.0453. The molecule has 0 spiro atoms. The van der Waals surface area contributed by atoms with Crippen LogP contribution in [0.1, 0.15) is 23.7 Å². The molecule has 0 saturated heterocycles. The number of aryl methyl sites for hydroxylation is 1. The molecule has 134 valence electrons. The van der Waals surface area contributed by atoms with Gasteiger partial charge in [0.25, 0.3) is 5.88 Å². The molecule has 1 aliphatic rings. The SMILES string of the molecule is COCOc1cc(-c2ccc(OC3CCc4ccc(Cl)cc43)cc2)on1. The first-order valence-electron chi connectivity index (χ1n) is 8.37. The molecule has 1 aliphatic carbocycles. The third kappa shape index (κ3) is 3.54. The Bertz CT molecular complexity index is 891. The summed E-state index contributed by atoms with van der Waals surface area (Å²) in [5.41, 5.74) is 3.38. The van der Waals surface area contributed by atoms with Crippen molar-refractivity contribution in [3.8, 4) is 23.0 Å². The molecule has 2 aromatic carbocycles. The monoisotopic (exact) mass is 371 g/mol. The van der Waals surface area contributed by atoms with Crippen molar-refractivity contribution in [2.24, 2.45) is 0 Å². The fourth-order valence-electron chi connectivity index (χ4n) is 3.10. The van der Waals surface area contributed by atoms with E-state index in [1.54, 1.807) is 13.2 Å². The van der Waals surface area contributed by atoms with Crippen LogP contribution in [-0.4, -0.2) is 19.1 Å². The minimum atomic E-state index is 0.0360. The number of nitrogens with zero attached hydrogens (tertiary/aromatic N) is 1. The van der Waals surface area contributed by atoms with E-state index >= 15 is 0 Å². The molecule has 3 aromatic rings. The number of rotatable bonds is 6. The Morgan fingerprint density at radius 3 is 2.81 bits per heavy atom. The van der Waals surface area contributed by atoms with Crippen LogP contribution in [0, 0.1) is 0 Å². The lowest BCUT2D eigenvalue weighted by Gasteiger charge is -2.15. The van der Waals surface area contributed by atoms with Crippen molar-refractivity contribution in [3.63, 3.8) is 0 Å². The van der Waals surface area contributed by atoms with Gasteiger partial charge in [-0.2, -0.15) is 0 Å². The number of ether oxygens (including phenoxy) is 3. The van der Waals surface area contributed by atoms with Crippen LogP contribution in [0.2, 0.25) is 5.02 Å². The van der Waals surface area contributed by atoms with Crippen LogP contribution in [-0.2, 0) is 11.2 Å². The molecule has 1 unspecified atom stereocenters. The van der Waals surface area contributed by atoms with Gasteiger partial charge in [-0.3, -0.25) is 0 Å². The minimum absolute atomic E-state index is 0.0360. The molecule has 26 heavy (non-hydrogen) atoms. The number of methoxy groups -OCH3 is 1. The van der Waals surface area contributed by atoms with E-state index in [1.807, 2.05) is 36.4 Å². The van der Waals surface area contributed by atoms with Gasteiger partial charge in [0.15, 0.2) is 12.6 Å². The lowest BCUT2D eigenvalue weighted by Crippen LogP contribution is -2.03. The summed E-state index contributed by atoms with van der Waals surface area (Å²) in [6.07, 6.45) is 2.01. The third-order valence-electron chi connectivity index (χ3n) is 4.36. The largest absolute Gasteiger partial charge is 0.486 e. The summed E-state index contributed by atoms with van der Waals surface area (Å²) in [6, 6.07) is 15.5. The molecule has 0 N–H and O–H groups in total. The van der Waals surface area contributed by atoms with E-state index in [-0.39, 0.29) is 12.9 Å². The highest BCUT2D eigenvalue weighted by Gasteiger charge is 2.24. The Labute approximate surface area is 156 Å². The molecule has 0 radical (unpaired) electrons. The first-order valence-corrected chi connectivity index (χ1v) is 8.74. The maximum atomic E-state index is 6.16. The molecule has 4 rings (SSSR count). The summed E-state index contributed by atoms with van der Waals surface area (Å²) in [4.78, 5) is 0. The summed E-state index contributed by atoms with van der Waals surface area (Å²) >= 11 is 6.12. The van der Waals surface area contributed by atoms with Crippen LogP contribution in [0.3, 0.4) is 0 Å². The molecule has 0 aliphatic heterocycles. The van der Waals surface area contributed by atoms with Gasteiger partial charge in [0, 0.05) is 23.8 Å². The molecule has 1 aromatic heterocycles. The molecular weight excluding hydrogens is 354 g/mol. The fourth-order valence-corrected chi connectivity index (χ4v) is 3.28. The average Bonchev–Trinajstić information content (AvgIpc) is 3.28. The van der Waals surface area contributed by atoms with E-state index in [2.05, 4.69) is 11.2 Å². The van der Waals surface area contributed by atoms with Gasteiger partial charge < -0.3 is 18.7 Å². The van der Waals surface area contributed by atoms with Crippen LogP contribution < -0.4 is 9.47 Å². The second kappa shape index (κ2) is 7.40. The topological polar surface area (TPSA) is 53.7 Å². The normalized spacial score (nSPS) is 15.7. The zero-order chi connectivity index (χ0) is 17.9. The number of aromatic nitrogens is 1. The zero-order valence-corrected chi connectivity index (χ0v) is 15.0. The van der Waals surface area contributed by atoms with E-state index in [9.17, 15) is 0 Å². The molecule has 1 heterocycles. The molecule has 6 heteroatoms. The van der Waals surface area contributed by atoms with Crippen molar-refractivity contribution >= 4 is 11.6 Å².